The van der Waals surface area contributed by atoms with Crippen molar-refractivity contribution in [2.45, 2.75) is 38.3 Å². The van der Waals surface area contributed by atoms with Crippen LogP contribution in [0.1, 0.15) is 35.8 Å². The second kappa shape index (κ2) is 11.5. The van der Waals surface area contributed by atoms with E-state index in [2.05, 4.69) is 15.3 Å². The van der Waals surface area contributed by atoms with Crippen molar-refractivity contribution in [2.75, 3.05) is 6.61 Å². The number of rotatable bonds is 9. The van der Waals surface area contributed by atoms with Crippen molar-refractivity contribution in [3.05, 3.63) is 113 Å². The molecule has 1 aliphatic carbocycles. The lowest BCUT2D eigenvalue weighted by Gasteiger charge is -2.20. The first-order valence-electron chi connectivity index (χ1n) is 14.2. The second-order valence-corrected chi connectivity index (χ2v) is 10.5. The standard InChI is InChI=1S/C34H30N4O5/c1-2-43-33(42)34(16-17-34)37-31(40)28-30(39)26-20-25(23-12-7-4-8-13-23)32(41)38(19-15-22-10-5-3-6-11-22)29(26)27(36-28)24-14-9-18-35-21-24/h3-14,18,20-21,39H,2,15-17,19H2,1H3,(H,37,40). The van der Waals surface area contributed by atoms with Gasteiger partial charge in [0.25, 0.3) is 11.5 Å². The summed E-state index contributed by atoms with van der Waals surface area (Å²) in [4.78, 5) is 49.3. The first-order valence-corrected chi connectivity index (χ1v) is 14.2. The molecule has 1 saturated carbocycles. The third kappa shape index (κ3) is 5.37. The summed E-state index contributed by atoms with van der Waals surface area (Å²) in [6.07, 6.45) is 4.62. The molecule has 0 spiro atoms. The van der Waals surface area contributed by atoms with E-state index in [1.165, 1.54) is 0 Å². The van der Waals surface area contributed by atoms with Gasteiger partial charge in [0.1, 0.15) is 5.54 Å². The monoisotopic (exact) mass is 574 g/mol. The summed E-state index contributed by atoms with van der Waals surface area (Å²) in [6.45, 7) is 2.18. The van der Waals surface area contributed by atoms with Crippen LogP contribution in [-0.4, -0.2) is 43.7 Å². The number of nitrogens with zero attached hydrogens (tertiary/aromatic N) is 3. The van der Waals surface area contributed by atoms with E-state index in [0.717, 1.165) is 5.56 Å². The van der Waals surface area contributed by atoms with Gasteiger partial charge >= 0.3 is 5.97 Å². The first-order chi connectivity index (χ1) is 20.9. The lowest BCUT2D eigenvalue weighted by molar-refractivity contribution is -0.146. The molecule has 0 radical (unpaired) electrons. The molecule has 43 heavy (non-hydrogen) atoms. The number of carbonyl (C=O) groups is 2. The zero-order chi connectivity index (χ0) is 30.0. The molecule has 0 aliphatic heterocycles. The Morgan fingerprint density at radius 3 is 2.35 bits per heavy atom. The second-order valence-electron chi connectivity index (χ2n) is 10.5. The Bertz CT molecular complexity index is 1870. The Labute approximate surface area is 247 Å². The molecular formula is C34H30N4O5. The van der Waals surface area contributed by atoms with E-state index in [-0.39, 0.29) is 29.0 Å². The summed E-state index contributed by atoms with van der Waals surface area (Å²) in [5.74, 6) is -1.61. The maximum absolute atomic E-state index is 14.2. The Hall–Kier alpha value is -5.31. The fourth-order valence-corrected chi connectivity index (χ4v) is 5.28. The van der Waals surface area contributed by atoms with Crippen molar-refractivity contribution in [2.24, 2.45) is 0 Å². The lowest BCUT2D eigenvalue weighted by atomic mass is 10.0. The van der Waals surface area contributed by atoms with Crippen LogP contribution < -0.4 is 10.9 Å². The van der Waals surface area contributed by atoms with E-state index in [1.54, 1.807) is 42.1 Å². The van der Waals surface area contributed by atoms with E-state index in [1.807, 2.05) is 60.7 Å². The van der Waals surface area contributed by atoms with Gasteiger partial charge in [0.15, 0.2) is 11.4 Å². The number of pyridine rings is 3. The van der Waals surface area contributed by atoms with Crippen molar-refractivity contribution in [3.8, 4) is 28.1 Å². The highest BCUT2D eigenvalue weighted by Gasteiger charge is 2.53. The van der Waals surface area contributed by atoms with Crippen LogP contribution in [0, 0.1) is 0 Å². The normalized spacial score (nSPS) is 13.4. The molecule has 3 heterocycles. The van der Waals surface area contributed by atoms with Gasteiger partial charge in [-0.15, -0.1) is 0 Å². The molecule has 3 aromatic heterocycles. The molecular weight excluding hydrogens is 544 g/mol. The van der Waals surface area contributed by atoms with Crippen molar-refractivity contribution < 1.29 is 19.4 Å². The SMILES string of the molecule is CCOC(=O)C1(NC(=O)c2nc(-c3cccnc3)c3c(cc(-c4ccccc4)c(=O)n3CCc3ccccc3)c2O)CC1. The maximum Gasteiger partial charge on any atom is 0.331 e. The molecule has 5 aromatic rings. The van der Waals surface area contributed by atoms with Crippen LogP contribution in [-0.2, 0) is 22.5 Å². The zero-order valence-electron chi connectivity index (χ0n) is 23.6. The van der Waals surface area contributed by atoms with Crippen LogP contribution in [0.3, 0.4) is 0 Å². The van der Waals surface area contributed by atoms with Crippen LogP contribution in [0.4, 0.5) is 0 Å². The number of hydrogen-bond donors (Lipinski definition) is 2. The highest BCUT2D eigenvalue weighted by molar-refractivity contribution is 6.07. The number of amides is 1. The number of hydrogen-bond acceptors (Lipinski definition) is 7. The smallest absolute Gasteiger partial charge is 0.331 e. The molecule has 2 N–H and O–H groups in total. The van der Waals surface area contributed by atoms with Gasteiger partial charge in [0, 0.05) is 35.5 Å². The number of nitrogens with one attached hydrogen (secondary N) is 1. The molecule has 0 saturated heterocycles. The number of aromatic hydroxyl groups is 1. The number of carbonyl (C=O) groups excluding carboxylic acids is 2. The minimum absolute atomic E-state index is 0.184. The number of esters is 1. The van der Waals surface area contributed by atoms with Crippen LogP contribution in [0.5, 0.6) is 5.75 Å². The van der Waals surface area contributed by atoms with Crippen LogP contribution in [0.25, 0.3) is 33.3 Å². The minimum atomic E-state index is -1.14. The van der Waals surface area contributed by atoms with Crippen LogP contribution in [0.15, 0.2) is 96.1 Å². The molecule has 9 nitrogen and oxygen atoms in total. The number of benzene rings is 2. The van der Waals surface area contributed by atoms with Gasteiger partial charge in [0.2, 0.25) is 0 Å². The summed E-state index contributed by atoms with van der Waals surface area (Å²) in [7, 11) is 0. The molecule has 2 aromatic carbocycles. The molecule has 0 atom stereocenters. The first kappa shape index (κ1) is 27.8. The number of aromatic nitrogens is 3. The van der Waals surface area contributed by atoms with Gasteiger partial charge in [-0.2, -0.15) is 0 Å². The zero-order valence-corrected chi connectivity index (χ0v) is 23.6. The molecule has 0 bridgehead atoms. The minimum Gasteiger partial charge on any atom is -0.505 e. The molecule has 1 aliphatic rings. The van der Waals surface area contributed by atoms with E-state index in [0.29, 0.717) is 53.7 Å². The molecule has 9 heteroatoms. The molecule has 6 rings (SSSR count). The third-order valence-electron chi connectivity index (χ3n) is 7.69. The maximum atomic E-state index is 14.2. The van der Waals surface area contributed by atoms with Gasteiger partial charge in [0.05, 0.1) is 17.8 Å². The lowest BCUT2D eigenvalue weighted by Crippen LogP contribution is -2.44. The summed E-state index contributed by atoms with van der Waals surface area (Å²) < 4.78 is 6.79. The van der Waals surface area contributed by atoms with Crippen molar-refractivity contribution in [1.29, 1.82) is 0 Å². The van der Waals surface area contributed by atoms with Crippen molar-refractivity contribution in [1.82, 2.24) is 19.9 Å². The molecule has 1 amide bonds. The number of ether oxygens (including phenoxy) is 1. The van der Waals surface area contributed by atoms with E-state index in [9.17, 15) is 19.5 Å². The third-order valence-corrected chi connectivity index (χ3v) is 7.69. The Morgan fingerprint density at radius 2 is 1.70 bits per heavy atom. The van der Waals surface area contributed by atoms with Gasteiger partial charge in [-0.25, -0.2) is 9.78 Å². The van der Waals surface area contributed by atoms with E-state index < -0.39 is 17.4 Å². The molecule has 216 valence electrons. The Kier molecular flexibility index (Phi) is 7.46. The van der Waals surface area contributed by atoms with E-state index in [4.69, 9.17) is 4.74 Å². The van der Waals surface area contributed by atoms with Crippen LogP contribution >= 0.6 is 0 Å². The quantitative estimate of drug-likeness (QED) is 0.240. The van der Waals surface area contributed by atoms with Crippen molar-refractivity contribution in [3.63, 3.8) is 0 Å². The van der Waals surface area contributed by atoms with Crippen LogP contribution in [0.2, 0.25) is 0 Å². The summed E-state index contributed by atoms with van der Waals surface area (Å²) in [6, 6.07) is 24.1. The Morgan fingerprint density at radius 1 is 1.00 bits per heavy atom. The highest BCUT2D eigenvalue weighted by Crippen LogP contribution is 2.39. The summed E-state index contributed by atoms with van der Waals surface area (Å²) in [5.41, 5.74) is 1.70. The molecule has 1 fully saturated rings. The number of fused-ring (bicyclic) bond motifs is 1. The van der Waals surface area contributed by atoms with Gasteiger partial charge in [-0.3, -0.25) is 14.6 Å². The van der Waals surface area contributed by atoms with E-state index >= 15 is 0 Å². The largest absolute Gasteiger partial charge is 0.505 e. The fourth-order valence-electron chi connectivity index (χ4n) is 5.28. The van der Waals surface area contributed by atoms with Gasteiger partial charge in [-0.1, -0.05) is 60.7 Å². The highest BCUT2D eigenvalue weighted by atomic mass is 16.5. The Balaban J connectivity index is 1.58. The topological polar surface area (TPSA) is 123 Å². The average molecular weight is 575 g/mol. The summed E-state index contributed by atoms with van der Waals surface area (Å²) >= 11 is 0. The fraction of sp³-hybridized carbons (Fsp3) is 0.206. The predicted octanol–water partition coefficient (Wildman–Crippen LogP) is 4.90. The number of aryl methyl sites for hydroxylation is 2. The van der Waals surface area contributed by atoms with Gasteiger partial charge in [-0.05, 0) is 55.5 Å². The summed E-state index contributed by atoms with van der Waals surface area (Å²) in [5, 5.41) is 14.7. The predicted molar refractivity (Wildman–Crippen MR) is 163 cm³/mol. The molecule has 0 unspecified atom stereocenters. The van der Waals surface area contributed by atoms with Crippen molar-refractivity contribution >= 4 is 22.8 Å². The van der Waals surface area contributed by atoms with Gasteiger partial charge < -0.3 is 19.7 Å². The average Bonchev–Trinajstić information content (AvgIpc) is 3.82.